The molecule has 1 heterocycles. The maximum atomic E-state index is 12.1. The van der Waals surface area contributed by atoms with Crippen molar-refractivity contribution in [2.24, 2.45) is 0 Å². The highest BCUT2D eigenvalue weighted by molar-refractivity contribution is 8.13. The van der Waals surface area contributed by atoms with Crippen LogP contribution in [0.5, 0.6) is 0 Å². The average Bonchev–Trinajstić information content (AvgIpc) is 2.82. The fourth-order valence-corrected chi connectivity index (χ4v) is 3.29. The molecule has 1 unspecified atom stereocenters. The van der Waals surface area contributed by atoms with Gasteiger partial charge in [-0.05, 0) is 43.9 Å². The quantitative estimate of drug-likeness (QED) is 0.802. The number of rotatable bonds is 4. The van der Waals surface area contributed by atoms with Crippen LogP contribution in [0.4, 0.5) is 0 Å². The van der Waals surface area contributed by atoms with Crippen molar-refractivity contribution >= 4 is 25.6 Å². The summed E-state index contributed by atoms with van der Waals surface area (Å²) in [6, 6.07) is 6.69. The molecule has 0 radical (unpaired) electrons. The van der Waals surface area contributed by atoms with Crippen molar-refractivity contribution in [3.8, 4) is 0 Å². The fourth-order valence-electron chi connectivity index (χ4n) is 2.52. The van der Waals surface area contributed by atoms with Crippen molar-refractivity contribution < 1.29 is 13.2 Å². The van der Waals surface area contributed by atoms with Crippen LogP contribution in [0.15, 0.2) is 29.2 Å². The number of hydrogen-bond donors (Lipinski definition) is 0. The van der Waals surface area contributed by atoms with Crippen LogP contribution in [0.1, 0.15) is 31.7 Å². The van der Waals surface area contributed by atoms with Crippen LogP contribution in [-0.2, 0) is 20.3 Å². The molecule has 0 aliphatic carbocycles. The monoisotopic (exact) mass is 315 g/mol. The molecule has 1 aliphatic rings. The number of likely N-dealkylation sites (tertiary alicyclic amines) is 1. The summed E-state index contributed by atoms with van der Waals surface area (Å²) < 4.78 is 22.2. The molecule has 1 atom stereocenters. The van der Waals surface area contributed by atoms with Crippen LogP contribution in [0.25, 0.3) is 0 Å². The largest absolute Gasteiger partial charge is 0.340 e. The number of aryl methyl sites for hydroxylation is 1. The second-order valence-electron chi connectivity index (χ2n) is 5.16. The van der Waals surface area contributed by atoms with Crippen molar-refractivity contribution in [3.63, 3.8) is 0 Å². The number of benzene rings is 1. The molecule has 6 heteroatoms. The lowest BCUT2D eigenvalue weighted by atomic mass is 10.1. The maximum Gasteiger partial charge on any atom is 0.261 e. The second-order valence-corrected chi connectivity index (χ2v) is 7.73. The number of halogens is 1. The number of nitrogens with zero attached hydrogens (tertiary/aromatic N) is 1. The minimum absolute atomic E-state index is 0.0856. The van der Waals surface area contributed by atoms with E-state index in [1.54, 1.807) is 12.1 Å². The first kappa shape index (κ1) is 15.3. The van der Waals surface area contributed by atoms with E-state index in [0.29, 0.717) is 18.9 Å². The molecule has 4 nitrogen and oxygen atoms in total. The highest BCUT2D eigenvalue weighted by Gasteiger charge is 2.24. The Kier molecular flexibility index (Phi) is 4.70. The highest BCUT2D eigenvalue weighted by Crippen LogP contribution is 2.19. The molecule has 1 saturated heterocycles. The summed E-state index contributed by atoms with van der Waals surface area (Å²) in [5, 5.41) is 0. The first-order valence-electron chi connectivity index (χ1n) is 6.71. The molecule has 1 amide bonds. The van der Waals surface area contributed by atoms with E-state index in [2.05, 4.69) is 6.92 Å². The molecule has 0 N–H and O–H groups in total. The van der Waals surface area contributed by atoms with E-state index in [4.69, 9.17) is 10.7 Å². The lowest BCUT2D eigenvalue weighted by molar-refractivity contribution is -0.131. The number of hydrogen-bond acceptors (Lipinski definition) is 3. The molecule has 1 aromatic carbocycles. The van der Waals surface area contributed by atoms with E-state index in [-0.39, 0.29) is 10.8 Å². The highest BCUT2D eigenvalue weighted by atomic mass is 35.7. The fraction of sp³-hybridized carbons (Fsp3) is 0.500. The van der Waals surface area contributed by atoms with Gasteiger partial charge in [0.25, 0.3) is 9.05 Å². The zero-order valence-electron chi connectivity index (χ0n) is 11.4. The third kappa shape index (κ3) is 3.73. The van der Waals surface area contributed by atoms with Gasteiger partial charge in [0.1, 0.15) is 0 Å². The van der Waals surface area contributed by atoms with Crippen LogP contribution in [0.2, 0.25) is 0 Å². The molecule has 1 fully saturated rings. The lowest BCUT2D eigenvalue weighted by Crippen LogP contribution is -2.33. The van der Waals surface area contributed by atoms with E-state index in [0.717, 1.165) is 24.9 Å². The average molecular weight is 316 g/mol. The van der Waals surface area contributed by atoms with Gasteiger partial charge >= 0.3 is 0 Å². The summed E-state index contributed by atoms with van der Waals surface area (Å²) in [6.07, 6.45) is 3.23. The van der Waals surface area contributed by atoms with Crippen LogP contribution < -0.4 is 0 Å². The van der Waals surface area contributed by atoms with Crippen molar-refractivity contribution in [1.29, 1.82) is 0 Å². The molecule has 20 heavy (non-hydrogen) atoms. The third-order valence-corrected chi connectivity index (χ3v) is 5.08. The number of amides is 1. The molecule has 0 saturated carbocycles. The zero-order valence-corrected chi connectivity index (χ0v) is 13.0. The van der Waals surface area contributed by atoms with Gasteiger partial charge in [0.05, 0.1) is 4.90 Å². The summed E-state index contributed by atoms with van der Waals surface area (Å²) >= 11 is 0. The molecular formula is C14H18ClNO3S. The molecular weight excluding hydrogens is 298 g/mol. The van der Waals surface area contributed by atoms with Crippen LogP contribution in [-0.4, -0.2) is 31.8 Å². The third-order valence-electron chi connectivity index (χ3n) is 3.71. The number of carbonyl (C=O) groups excluding carboxylic acids is 1. The maximum absolute atomic E-state index is 12.1. The second kappa shape index (κ2) is 6.14. The summed E-state index contributed by atoms with van der Waals surface area (Å²) in [4.78, 5) is 14.1. The first-order valence-corrected chi connectivity index (χ1v) is 9.02. The Labute approximate surface area is 124 Å². The van der Waals surface area contributed by atoms with Gasteiger partial charge in [-0.3, -0.25) is 4.79 Å². The van der Waals surface area contributed by atoms with Gasteiger partial charge in [0, 0.05) is 29.7 Å². The lowest BCUT2D eigenvalue weighted by Gasteiger charge is -2.21. The minimum atomic E-state index is -3.67. The number of carbonyl (C=O) groups is 1. The van der Waals surface area contributed by atoms with Gasteiger partial charge in [0.2, 0.25) is 5.91 Å². The van der Waals surface area contributed by atoms with Crippen LogP contribution in [0.3, 0.4) is 0 Å². The molecule has 110 valence electrons. The minimum Gasteiger partial charge on any atom is -0.340 e. The Hall–Kier alpha value is -1.07. The summed E-state index contributed by atoms with van der Waals surface area (Å²) in [7, 11) is 1.58. The summed E-state index contributed by atoms with van der Waals surface area (Å²) in [5.74, 6) is 0.170. The van der Waals surface area contributed by atoms with Gasteiger partial charge in [0.15, 0.2) is 0 Å². The molecule has 0 spiro atoms. The SMILES string of the molecule is CC1CCCN1C(=O)CCc1ccc(S(=O)(=O)Cl)cc1. The Balaban J connectivity index is 1.93. The van der Waals surface area contributed by atoms with Crippen molar-refractivity contribution in [3.05, 3.63) is 29.8 Å². The van der Waals surface area contributed by atoms with Crippen molar-refractivity contribution in [2.45, 2.75) is 43.5 Å². The molecule has 1 aromatic rings. The van der Waals surface area contributed by atoms with E-state index in [1.807, 2.05) is 4.90 Å². The van der Waals surface area contributed by atoms with Gasteiger partial charge in [-0.1, -0.05) is 12.1 Å². The van der Waals surface area contributed by atoms with E-state index in [9.17, 15) is 13.2 Å². The van der Waals surface area contributed by atoms with Crippen LogP contribution >= 0.6 is 10.7 Å². The van der Waals surface area contributed by atoms with Crippen LogP contribution in [0, 0.1) is 0 Å². The van der Waals surface area contributed by atoms with E-state index >= 15 is 0 Å². The molecule has 0 aromatic heterocycles. The van der Waals surface area contributed by atoms with Gasteiger partial charge < -0.3 is 4.90 Å². The van der Waals surface area contributed by atoms with Gasteiger partial charge in [-0.25, -0.2) is 8.42 Å². The standard InChI is InChI=1S/C14H18ClNO3S/c1-11-3-2-10-16(11)14(17)9-6-12-4-7-13(8-5-12)20(15,18)19/h4-5,7-8,11H,2-3,6,9-10H2,1H3. The Morgan fingerprint density at radius 3 is 2.50 bits per heavy atom. The van der Waals surface area contributed by atoms with E-state index < -0.39 is 9.05 Å². The van der Waals surface area contributed by atoms with Crippen molar-refractivity contribution in [1.82, 2.24) is 4.90 Å². The Morgan fingerprint density at radius 1 is 1.35 bits per heavy atom. The molecule has 0 bridgehead atoms. The topological polar surface area (TPSA) is 54.5 Å². The van der Waals surface area contributed by atoms with E-state index in [1.165, 1.54) is 12.1 Å². The van der Waals surface area contributed by atoms with Gasteiger partial charge in [-0.15, -0.1) is 0 Å². The summed E-state index contributed by atoms with van der Waals surface area (Å²) in [6.45, 7) is 2.93. The zero-order chi connectivity index (χ0) is 14.8. The Morgan fingerprint density at radius 2 is 2.00 bits per heavy atom. The predicted molar refractivity (Wildman–Crippen MR) is 78.2 cm³/mol. The van der Waals surface area contributed by atoms with Crippen molar-refractivity contribution in [2.75, 3.05) is 6.54 Å². The normalized spacial score (nSPS) is 19.3. The summed E-state index contributed by atoms with van der Waals surface area (Å²) in [5.41, 5.74) is 0.939. The molecule has 1 aliphatic heterocycles. The Bertz CT molecular complexity index is 583. The molecule has 2 rings (SSSR count). The van der Waals surface area contributed by atoms with Gasteiger partial charge in [-0.2, -0.15) is 0 Å². The predicted octanol–water partition coefficient (Wildman–Crippen LogP) is 2.56. The smallest absolute Gasteiger partial charge is 0.261 e. The first-order chi connectivity index (χ1) is 9.38.